The second kappa shape index (κ2) is 6.54. The van der Waals surface area contributed by atoms with Crippen molar-refractivity contribution in [2.24, 2.45) is 11.8 Å². The quantitative estimate of drug-likeness (QED) is 0.535. The van der Waals surface area contributed by atoms with Crippen molar-refractivity contribution in [3.8, 4) is 0 Å². The first kappa shape index (κ1) is 14.7. The Morgan fingerprint density at radius 1 is 1.11 bits per heavy atom. The van der Waals surface area contributed by atoms with Crippen LogP contribution in [0.5, 0.6) is 0 Å². The zero-order chi connectivity index (χ0) is 13.7. The van der Waals surface area contributed by atoms with Crippen molar-refractivity contribution in [3.05, 3.63) is 11.9 Å². The summed E-state index contributed by atoms with van der Waals surface area (Å²) in [6.07, 6.45) is 1.10. The SMILES string of the molecule is CC(C)CC(C)Nc1cc(NN)nc(C(C)C)n1. The van der Waals surface area contributed by atoms with E-state index in [1.807, 2.05) is 6.07 Å². The lowest BCUT2D eigenvalue weighted by molar-refractivity contribution is 0.538. The van der Waals surface area contributed by atoms with Gasteiger partial charge in [-0.15, -0.1) is 0 Å². The molecule has 0 bridgehead atoms. The molecule has 0 saturated heterocycles. The maximum atomic E-state index is 5.43. The molecule has 0 aromatic carbocycles. The number of hydrogen-bond donors (Lipinski definition) is 3. The predicted molar refractivity (Wildman–Crippen MR) is 76.5 cm³/mol. The summed E-state index contributed by atoms with van der Waals surface area (Å²) in [7, 11) is 0. The van der Waals surface area contributed by atoms with Gasteiger partial charge in [0, 0.05) is 18.0 Å². The molecule has 5 nitrogen and oxygen atoms in total. The van der Waals surface area contributed by atoms with E-state index in [2.05, 4.69) is 55.3 Å². The van der Waals surface area contributed by atoms with Crippen LogP contribution in [-0.2, 0) is 0 Å². The molecule has 1 atom stereocenters. The first-order valence-electron chi connectivity index (χ1n) is 6.54. The van der Waals surface area contributed by atoms with Gasteiger partial charge in [-0.05, 0) is 19.3 Å². The first-order valence-corrected chi connectivity index (χ1v) is 6.54. The smallest absolute Gasteiger partial charge is 0.145 e. The van der Waals surface area contributed by atoms with Crippen molar-refractivity contribution in [3.63, 3.8) is 0 Å². The molecule has 0 saturated carbocycles. The standard InChI is InChI=1S/C13H25N5/c1-8(2)6-10(5)15-11-7-12(18-14)17-13(16-11)9(3)4/h7-10H,6,14H2,1-5H3,(H2,15,16,17,18). The summed E-state index contributed by atoms with van der Waals surface area (Å²) in [5.74, 6) is 8.64. The fourth-order valence-corrected chi connectivity index (χ4v) is 1.89. The topological polar surface area (TPSA) is 75.9 Å². The highest BCUT2D eigenvalue weighted by molar-refractivity contribution is 5.47. The van der Waals surface area contributed by atoms with Crippen molar-refractivity contribution < 1.29 is 0 Å². The minimum Gasteiger partial charge on any atom is -0.367 e. The number of hydrogen-bond acceptors (Lipinski definition) is 5. The van der Waals surface area contributed by atoms with Crippen molar-refractivity contribution in [2.75, 3.05) is 10.7 Å². The van der Waals surface area contributed by atoms with Crippen LogP contribution < -0.4 is 16.6 Å². The van der Waals surface area contributed by atoms with Crippen LogP contribution in [-0.4, -0.2) is 16.0 Å². The lowest BCUT2D eigenvalue weighted by Crippen LogP contribution is -2.20. The average molecular weight is 251 g/mol. The molecule has 0 fully saturated rings. The zero-order valence-electron chi connectivity index (χ0n) is 12.0. The summed E-state index contributed by atoms with van der Waals surface area (Å²) < 4.78 is 0. The molecule has 0 aliphatic carbocycles. The molecular weight excluding hydrogens is 226 g/mol. The van der Waals surface area contributed by atoms with Gasteiger partial charge in [0.15, 0.2) is 0 Å². The van der Waals surface area contributed by atoms with Gasteiger partial charge in [-0.2, -0.15) is 0 Å². The van der Waals surface area contributed by atoms with Crippen LogP contribution in [0.15, 0.2) is 6.07 Å². The molecule has 1 aromatic heterocycles. The van der Waals surface area contributed by atoms with Crippen LogP contribution in [0, 0.1) is 5.92 Å². The lowest BCUT2D eigenvalue weighted by atomic mass is 10.1. The van der Waals surface area contributed by atoms with Crippen molar-refractivity contribution >= 4 is 11.6 Å². The third-order valence-corrected chi connectivity index (χ3v) is 2.63. The third-order valence-electron chi connectivity index (χ3n) is 2.63. The van der Waals surface area contributed by atoms with E-state index in [0.717, 1.165) is 18.1 Å². The number of nitrogens with zero attached hydrogens (tertiary/aromatic N) is 2. The Hall–Kier alpha value is -1.36. The first-order chi connectivity index (χ1) is 8.42. The average Bonchev–Trinajstić information content (AvgIpc) is 2.27. The van der Waals surface area contributed by atoms with E-state index in [1.54, 1.807) is 0 Å². The Morgan fingerprint density at radius 3 is 2.22 bits per heavy atom. The molecular formula is C13H25N5. The molecule has 102 valence electrons. The highest BCUT2D eigenvalue weighted by Gasteiger charge is 2.10. The van der Waals surface area contributed by atoms with Crippen LogP contribution in [0.25, 0.3) is 0 Å². The number of nitrogens with two attached hydrogens (primary N) is 1. The molecule has 4 N–H and O–H groups in total. The van der Waals surface area contributed by atoms with E-state index in [-0.39, 0.29) is 5.92 Å². The summed E-state index contributed by atoms with van der Waals surface area (Å²) in [5.41, 5.74) is 2.59. The van der Waals surface area contributed by atoms with E-state index in [1.165, 1.54) is 0 Å². The fraction of sp³-hybridized carbons (Fsp3) is 0.692. The highest BCUT2D eigenvalue weighted by atomic mass is 15.3. The minimum absolute atomic E-state index is 0.277. The van der Waals surface area contributed by atoms with Crippen LogP contribution in [0.4, 0.5) is 11.6 Å². The molecule has 5 heteroatoms. The van der Waals surface area contributed by atoms with Crippen molar-refractivity contribution in [2.45, 2.75) is 53.0 Å². The predicted octanol–water partition coefficient (Wildman–Crippen LogP) is 2.73. The number of nitrogens with one attached hydrogen (secondary N) is 2. The Balaban J connectivity index is 2.84. The van der Waals surface area contributed by atoms with Gasteiger partial charge in [-0.1, -0.05) is 27.7 Å². The van der Waals surface area contributed by atoms with Gasteiger partial charge in [-0.25, -0.2) is 15.8 Å². The molecule has 0 aliphatic heterocycles. The number of aromatic nitrogens is 2. The van der Waals surface area contributed by atoms with E-state index >= 15 is 0 Å². The van der Waals surface area contributed by atoms with Gasteiger partial charge < -0.3 is 10.7 Å². The number of hydrazine groups is 1. The molecule has 1 rings (SSSR count). The van der Waals surface area contributed by atoms with Crippen LogP contribution in [0.1, 0.15) is 52.8 Å². The summed E-state index contributed by atoms with van der Waals surface area (Å²) in [4.78, 5) is 8.84. The maximum absolute atomic E-state index is 5.43. The Morgan fingerprint density at radius 2 is 1.72 bits per heavy atom. The lowest BCUT2D eigenvalue weighted by Gasteiger charge is -2.18. The maximum Gasteiger partial charge on any atom is 0.145 e. The van der Waals surface area contributed by atoms with E-state index in [9.17, 15) is 0 Å². The Kier molecular flexibility index (Phi) is 5.34. The fourth-order valence-electron chi connectivity index (χ4n) is 1.89. The molecule has 0 spiro atoms. The normalized spacial score (nSPS) is 12.9. The second-order valence-corrected chi connectivity index (χ2v) is 5.47. The van der Waals surface area contributed by atoms with Gasteiger partial charge in [-0.3, -0.25) is 0 Å². The Bertz CT molecular complexity index is 376. The van der Waals surface area contributed by atoms with Gasteiger partial charge in [0.2, 0.25) is 0 Å². The summed E-state index contributed by atoms with van der Waals surface area (Å²) in [5, 5.41) is 3.40. The van der Waals surface area contributed by atoms with E-state index in [0.29, 0.717) is 17.8 Å². The number of nitrogen functional groups attached to an aromatic ring is 1. The molecule has 0 amide bonds. The molecule has 1 aromatic rings. The number of rotatable bonds is 6. The minimum atomic E-state index is 0.277. The van der Waals surface area contributed by atoms with Crippen molar-refractivity contribution in [1.29, 1.82) is 0 Å². The molecule has 18 heavy (non-hydrogen) atoms. The monoisotopic (exact) mass is 251 g/mol. The highest BCUT2D eigenvalue weighted by Crippen LogP contribution is 2.18. The molecule has 0 aliphatic rings. The third kappa shape index (κ3) is 4.49. The summed E-state index contributed by atoms with van der Waals surface area (Å²) in [6.45, 7) is 10.7. The van der Waals surface area contributed by atoms with E-state index in [4.69, 9.17) is 5.84 Å². The summed E-state index contributed by atoms with van der Waals surface area (Å²) in [6, 6.07) is 2.22. The van der Waals surface area contributed by atoms with Crippen LogP contribution in [0.2, 0.25) is 0 Å². The van der Waals surface area contributed by atoms with Crippen LogP contribution >= 0.6 is 0 Å². The van der Waals surface area contributed by atoms with Gasteiger partial charge in [0.05, 0.1) is 0 Å². The largest absolute Gasteiger partial charge is 0.367 e. The Labute approximate surface area is 110 Å². The second-order valence-electron chi connectivity index (χ2n) is 5.47. The summed E-state index contributed by atoms with van der Waals surface area (Å²) >= 11 is 0. The molecule has 1 heterocycles. The van der Waals surface area contributed by atoms with Gasteiger partial charge >= 0.3 is 0 Å². The zero-order valence-corrected chi connectivity index (χ0v) is 12.0. The molecule has 1 unspecified atom stereocenters. The van der Waals surface area contributed by atoms with Gasteiger partial charge in [0.1, 0.15) is 17.5 Å². The van der Waals surface area contributed by atoms with Gasteiger partial charge in [0.25, 0.3) is 0 Å². The number of anilines is 2. The van der Waals surface area contributed by atoms with Crippen LogP contribution in [0.3, 0.4) is 0 Å². The molecule has 0 radical (unpaired) electrons. The van der Waals surface area contributed by atoms with E-state index < -0.39 is 0 Å². The van der Waals surface area contributed by atoms with Crippen molar-refractivity contribution in [1.82, 2.24) is 9.97 Å².